The Labute approximate surface area is 136 Å². The molecule has 0 atom stereocenters. The van der Waals surface area contributed by atoms with E-state index in [-0.39, 0.29) is 10.8 Å². The Morgan fingerprint density at radius 3 is 2.43 bits per heavy atom. The third-order valence-corrected chi connectivity index (χ3v) is 3.33. The van der Waals surface area contributed by atoms with Crippen molar-refractivity contribution >= 4 is 52.4 Å². The molecule has 0 heterocycles. The number of hydrogen-bond donors (Lipinski definition) is 2. The van der Waals surface area contributed by atoms with Crippen LogP contribution in [0, 0.1) is 5.82 Å². The number of benzene rings is 2. The Kier molecular flexibility index (Phi) is 5.50. The van der Waals surface area contributed by atoms with Gasteiger partial charge in [0.05, 0.1) is 21.9 Å². The van der Waals surface area contributed by atoms with Crippen LogP contribution in [0.15, 0.2) is 47.6 Å². The van der Waals surface area contributed by atoms with Gasteiger partial charge in [-0.15, -0.1) is 0 Å². The molecule has 2 aromatic carbocycles. The molecule has 2 rings (SSSR count). The van der Waals surface area contributed by atoms with Gasteiger partial charge in [-0.25, -0.2) is 4.39 Å². The lowest BCUT2D eigenvalue weighted by Crippen LogP contribution is -2.24. The normalized spacial score (nSPS) is 10.6. The molecule has 0 amide bonds. The smallest absolute Gasteiger partial charge is 0.191 e. The molecule has 0 saturated carbocycles. The minimum absolute atomic E-state index is 0.152. The molecule has 0 radical (unpaired) electrons. The summed E-state index contributed by atoms with van der Waals surface area (Å²) in [4.78, 5) is 0. The molecule has 21 heavy (non-hydrogen) atoms. The Morgan fingerprint density at radius 1 is 1.10 bits per heavy atom. The van der Waals surface area contributed by atoms with Crippen molar-refractivity contribution < 1.29 is 4.39 Å². The average molecular weight is 342 g/mol. The minimum Gasteiger partial charge on any atom is -0.329 e. The second-order valence-electron chi connectivity index (χ2n) is 3.94. The maximum atomic E-state index is 13.4. The molecule has 0 unspecified atom stereocenters. The Bertz CT molecular complexity index is 671. The topological polar surface area (TPSA) is 36.4 Å². The van der Waals surface area contributed by atoms with Gasteiger partial charge in [0.2, 0.25) is 0 Å². The fourth-order valence-corrected chi connectivity index (χ4v) is 2.16. The summed E-state index contributed by atoms with van der Waals surface area (Å²) in [6.07, 6.45) is 1.44. The number of nitrogens with zero attached hydrogens (tertiary/aromatic N) is 1. The second kappa shape index (κ2) is 7.36. The molecule has 0 fully saturated rings. The lowest BCUT2D eigenvalue weighted by atomic mass is 10.2. The first-order chi connectivity index (χ1) is 10.1. The van der Waals surface area contributed by atoms with Crippen molar-refractivity contribution in [2.24, 2.45) is 5.10 Å². The highest BCUT2D eigenvalue weighted by Crippen LogP contribution is 2.22. The molecule has 3 nitrogen and oxygen atoms in total. The number of anilines is 1. The number of halogens is 3. The Hall–Kier alpha value is -1.69. The first-order valence-corrected chi connectivity index (χ1v) is 7.03. The molecule has 0 bridgehead atoms. The van der Waals surface area contributed by atoms with Crippen molar-refractivity contribution in [3.05, 3.63) is 63.9 Å². The van der Waals surface area contributed by atoms with Gasteiger partial charge in [-0.3, -0.25) is 5.43 Å². The number of hydrazone groups is 1. The fourth-order valence-electron chi connectivity index (χ4n) is 1.50. The summed E-state index contributed by atoms with van der Waals surface area (Å²) in [6.45, 7) is 0. The van der Waals surface area contributed by atoms with E-state index in [4.69, 9.17) is 35.4 Å². The van der Waals surface area contributed by atoms with Crippen LogP contribution in [0.25, 0.3) is 0 Å². The molecule has 0 aliphatic rings. The van der Waals surface area contributed by atoms with E-state index in [0.29, 0.717) is 15.6 Å². The maximum absolute atomic E-state index is 13.4. The molecule has 0 saturated heterocycles. The Morgan fingerprint density at radius 2 is 1.76 bits per heavy atom. The first kappa shape index (κ1) is 15.7. The molecular formula is C14H10Cl2FN3S. The summed E-state index contributed by atoms with van der Waals surface area (Å²) in [5.41, 5.74) is 3.40. The van der Waals surface area contributed by atoms with E-state index in [1.165, 1.54) is 12.3 Å². The van der Waals surface area contributed by atoms with E-state index in [1.54, 1.807) is 36.4 Å². The monoisotopic (exact) mass is 341 g/mol. The van der Waals surface area contributed by atoms with Crippen LogP contribution in [0.4, 0.5) is 10.1 Å². The van der Waals surface area contributed by atoms with E-state index in [2.05, 4.69) is 15.8 Å². The van der Waals surface area contributed by atoms with Crippen LogP contribution in [0.2, 0.25) is 10.0 Å². The van der Waals surface area contributed by atoms with Gasteiger partial charge in [0.1, 0.15) is 5.82 Å². The largest absolute Gasteiger partial charge is 0.329 e. The van der Waals surface area contributed by atoms with Crippen LogP contribution in [0.1, 0.15) is 5.56 Å². The standard InChI is InChI=1S/C14H10Cl2FN3S/c15-10-4-3-5-11(16)9(10)8-18-20-14(21)19-13-7-2-1-6-12(13)17/h1-8H,(H2,19,20,21)/b18-8-. The summed E-state index contributed by atoms with van der Waals surface area (Å²) in [6, 6.07) is 11.3. The molecule has 0 aliphatic heterocycles. The van der Waals surface area contributed by atoms with Crippen molar-refractivity contribution in [3.63, 3.8) is 0 Å². The van der Waals surface area contributed by atoms with Crippen molar-refractivity contribution in [3.8, 4) is 0 Å². The number of thiocarbonyl (C=S) groups is 1. The van der Waals surface area contributed by atoms with Crippen LogP contribution in [0.5, 0.6) is 0 Å². The van der Waals surface area contributed by atoms with Crippen LogP contribution < -0.4 is 10.7 Å². The van der Waals surface area contributed by atoms with Crippen LogP contribution in [0.3, 0.4) is 0 Å². The summed E-state index contributed by atoms with van der Waals surface area (Å²) < 4.78 is 13.4. The highest BCUT2D eigenvalue weighted by atomic mass is 35.5. The van der Waals surface area contributed by atoms with Crippen molar-refractivity contribution in [2.75, 3.05) is 5.32 Å². The third kappa shape index (κ3) is 4.39. The highest BCUT2D eigenvalue weighted by molar-refractivity contribution is 7.80. The van der Waals surface area contributed by atoms with Gasteiger partial charge in [-0.05, 0) is 36.5 Å². The number of rotatable bonds is 3. The molecule has 0 aliphatic carbocycles. The van der Waals surface area contributed by atoms with E-state index >= 15 is 0 Å². The van der Waals surface area contributed by atoms with E-state index in [0.717, 1.165) is 0 Å². The van der Waals surface area contributed by atoms with Crippen molar-refractivity contribution in [1.82, 2.24) is 5.43 Å². The Balaban J connectivity index is 1.98. The molecular weight excluding hydrogens is 332 g/mol. The van der Waals surface area contributed by atoms with Gasteiger partial charge in [0, 0.05) is 5.56 Å². The van der Waals surface area contributed by atoms with Crippen molar-refractivity contribution in [1.29, 1.82) is 0 Å². The highest BCUT2D eigenvalue weighted by Gasteiger charge is 2.03. The average Bonchev–Trinajstić information content (AvgIpc) is 2.45. The molecule has 2 aromatic rings. The molecule has 0 spiro atoms. The van der Waals surface area contributed by atoms with E-state index < -0.39 is 5.82 Å². The van der Waals surface area contributed by atoms with Crippen molar-refractivity contribution in [2.45, 2.75) is 0 Å². The summed E-state index contributed by atoms with van der Waals surface area (Å²) in [5, 5.41) is 7.71. The third-order valence-electron chi connectivity index (χ3n) is 2.48. The first-order valence-electron chi connectivity index (χ1n) is 5.86. The van der Waals surface area contributed by atoms with Gasteiger partial charge < -0.3 is 5.32 Å². The zero-order chi connectivity index (χ0) is 15.2. The van der Waals surface area contributed by atoms with Crippen LogP contribution in [-0.2, 0) is 0 Å². The SMILES string of the molecule is Fc1ccccc1NC(=S)N/N=C\c1c(Cl)cccc1Cl. The lowest BCUT2D eigenvalue weighted by Gasteiger charge is -2.07. The summed E-state index contributed by atoms with van der Waals surface area (Å²) in [7, 11) is 0. The summed E-state index contributed by atoms with van der Waals surface area (Å²) in [5.74, 6) is -0.403. The van der Waals surface area contributed by atoms with Gasteiger partial charge >= 0.3 is 0 Å². The number of nitrogens with one attached hydrogen (secondary N) is 2. The number of hydrogen-bond acceptors (Lipinski definition) is 2. The molecule has 2 N–H and O–H groups in total. The van der Waals surface area contributed by atoms with Crippen LogP contribution >= 0.6 is 35.4 Å². The summed E-state index contributed by atoms with van der Waals surface area (Å²) >= 11 is 17.0. The fraction of sp³-hybridized carbons (Fsp3) is 0. The molecule has 108 valence electrons. The predicted octanol–water partition coefficient (Wildman–Crippen LogP) is 4.45. The minimum atomic E-state index is -0.403. The van der Waals surface area contributed by atoms with Gasteiger partial charge in [0.25, 0.3) is 0 Å². The molecule has 7 heteroatoms. The zero-order valence-electron chi connectivity index (χ0n) is 10.6. The van der Waals surface area contributed by atoms with Gasteiger partial charge in [-0.2, -0.15) is 5.10 Å². The number of para-hydroxylation sites is 1. The predicted molar refractivity (Wildman–Crippen MR) is 89.8 cm³/mol. The zero-order valence-corrected chi connectivity index (χ0v) is 12.9. The quantitative estimate of drug-likeness (QED) is 0.491. The van der Waals surface area contributed by atoms with E-state index in [9.17, 15) is 4.39 Å². The van der Waals surface area contributed by atoms with Gasteiger partial charge in [-0.1, -0.05) is 41.4 Å². The molecule has 0 aromatic heterocycles. The van der Waals surface area contributed by atoms with E-state index in [1.807, 2.05) is 0 Å². The second-order valence-corrected chi connectivity index (χ2v) is 5.16. The lowest BCUT2D eigenvalue weighted by molar-refractivity contribution is 0.632. The maximum Gasteiger partial charge on any atom is 0.191 e. The van der Waals surface area contributed by atoms with Gasteiger partial charge in [0.15, 0.2) is 5.11 Å². The van der Waals surface area contributed by atoms with Crippen LogP contribution in [-0.4, -0.2) is 11.3 Å².